The molecule has 2 rings (SSSR count). The molecule has 0 aliphatic carbocycles. The Morgan fingerprint density at radius 2 is 2.10 bits per heavy atom. The minimum Gasteiger partial charge on any atom is -0.328 e. The van der Waals surface area contributed by atoms with Gasteiger partial charge >= 0.3 is 5.97 Å². The Bertz CT molecular complexity index is 692. The van der Waals surface area contributed by atoms with Crippen molar-refractivity contribution in [3.8, 4) is 0 Å². The zero-order valence-electron chi connectivity index (χ0n) is 11.7. The number of nitrogens with one attached hydrogen (secondary N) is 1. The highest BCUT2D eigenvalue weighted by molar-refractivity contribution is 5.77. The van der Waals surface area contributed by atoms with E-state index in [0.29, 0.717) is 29.1 Å². The third-order valence-corrected chi connectivity index (χ3v) is 2.72. The molecule has 1 aromatic carbocycles. The van der Waals surface area contributed by atoms with Crippen LogP contribution in [0, 0.1) is 5.92 Å². The van der Waals surface area contributed by atoms with Gasteiger partial charge in [0.2, 0.25) is 0 Å². The number of nitrogens with zero attached hydrogens (tertiary/aromatic N) is 2. The second kappa shape index (κ2) is 5.73. The molecular weight excluding hydrogens is 258 g/mol. The zero-order valence-corrected chi connectivity index (χ0v) is 11.7. The maximum atomic E-state index is 12.4. The Morgan fingerprint density at radius 1 is 1.40 bits per heavy atom. The van der Waals surface area contributed by atoms with Gasteiger partial charge in [-0.05, 0) is 18.1 Å². The van der Waals surface area contributed by atoms with Crippen molar-refractivity contribution in [3.63, 3.8) is 0 Å². The molecule has 0 aliphatic rings. The first kappa shape index (κ1) is 14.0. The van der Waals surface area contributed by atoms with Gasteiger partial charge in [0.1, 0.15) is 5.82 Å². The second-order valence-corrected chi connectivity index (χ2v) is 4.97. The summed E-state index contributed by atoms with van der Waals surface area (Å²) in [5.74, 6) is 0.318. The molecule has 6 heteroatoms. The van der Waals surface area contributed by atoms with Crippen LogP contribution in [0.1, 0.15) is 26.6 Å². The molecule has 6 nitrogen and oxygen atoms in total. The Morgan fingerprint density at radius 3 is 2.75 bits per heavy atom. The van der Waals surface area contributed by atoms with Gasteiger partial charge in [0, 0.05) is 13.3 Å². The Hall–Kier alpha value is -2.37. The number of fused-ring (bicyclic) bond motifs is 1. The van der Waals surface area contributed by atoms with E-state index >= 15 is 0 Å². The van der Waals surface area contributed by atoms with Gasteiger partial charge in [-0.1, -0.05) is 26.0 Å². The first-order valence-corrected chi connectivity index (χ1v) is 6.43. The fraction of sp³-hybridized carbons (Fsp3) is 0.357. The van der Waals surface area contributed by atoms with Crippen molar-refractivity contribution >= 4 is 16.9 Å². The van der Waals surface area contributed by atoms with Crippen LogP contribution in [0.25, 0.3) is 10.9 Å². The average molecular weight is 275 g/mol. The predicted octanol–water partition coefficient (Wildman–Crippen LogP) is 1.62. The fourth-order valence-electron chi connectivity index (χ4n) is 1.88. The smallest absolute Gasteiger partial charge is 0.328 e. The molecule has 0 radical (unpaired) electrons. The van der Waals surface area contributed by atoms with Crippen molar-refractivity contribution in [2.75, 3.05) is 5.59 Å². The molecule has 0 aliphatic heterocycles. The number of carbonyl (C=O) groups is 1. The van der Waals surface area contributed by atoms with Gasteiger partial charge in [0.05, 0.1) is 10.9 Å². The molecule has 0 spiro atoms. The molecule has 0 fully saturated rings. The van der Waals surface area contributed by atoms with Crippen LogP contribution in [0.3, 0.4) is 0 Å². The number of hydrogen-bond acceptors (Lipinski definition) is 5. The Balaban J connectivity index is 2.57. The van der Waals surface area contributed by atoms with E-state index in [0.717, 1.165) is 0 Å². The molecule has 1 aromatic heterocycles. The van der Waals surface area contributed by atoms with Crippen LogP contribution >= 0.6 is 0 Å². The largest absolute Gasteiger partial charge is 0.331 e. The molecule has 0 unspecified atom stereocenters. The average Bonchev–Trinajstić information content (AvgIpc) is 2.37. The normalized spacial score (nSPS) is 10.8. The lowest BCUT2D eigenvalue weighted by atomic mass is 10.1. The first-order valence-electron chi connectivity index (χ1n) is 6.43. The van der Waals surface area contributed by atoms with Gasteiger partial charge in [-0.25, -0.2) is 9.78 Å². The monoisotopic (exact) mass is 275 g/mol. The van der Waals surface area contributed by atoms with Crippen LogP contribution in [-0.4, -0.2) is 15.6 Å². The van der Waals surface area contributed by atoms with Crippen LogP contribution in [0.15, 0.2) is 29.1 Å². The summed E-state index contributed by atoms with van der Waals surface area (Å²) in [6.07, 6.45) is 0.592. The van der Waals surface area contributed by atoms with Gasteiger partial charge in [-0.3, -0.25) is 4.79 Å². The van der Waals surface area contributed by atoms with Crippen LogP contribution in [0.5, 0.6) is 0 Å². The van der Waals surface area contributed by atoms with Crippen molar-refractivity contribution in [3.05, 3.63) is 40.4 Å². The highest BCUT2D eigenvalue weighted by Crippen LogP contribution is 2.10. The van der Waals surface area contributed by atoms with Crippen molar-refractivity contribution in [1.29, 1.82) is 0 Å². The number of aromatic nitrogens is 2. The molecule has 1 heterocycles. The van der Waals surface area contributed by atoms with E-state index in [1.807, 2.05) is 19.9 Å². The molecule has 0 atom stereocenters. The van der Waals surface area contributed by atoms with E-state index in [9.17, 15) is 9.59 Å². The summed E-state index contributed by atoms with van der Waals surface area (Å²) in [4.78, 5) is 32.5. The minimum absolute atomic E-state index is 0.285. The number of carbonyl (C=O) groups excluding carboxylic acids is 1. The standard InChI is InChI=1S/C14H17N3O3/c1-9(2)8-13-15-12-7-5-4-6-11(12)14(19)17(13)16-20-10(3)18/h4-7,9,16H,8H2,1-3H3. The van der Waals surface area contributed by atoms with E-state index in [-0.39, 0.29) is 5.56 Å². The molecule has 20 heavy (non-hydrogen) atoms. The molecule has 0 amide bonds. The summed E-state index contributed by atoms with van der Waals surface area (Å²) in [6, 6.07) is 7.08. The number of benzene rings is 1. The predicted molar refractivity (Wildman–Crippen MR) is 75.7 cm³/mol. The summed E-state index contributed by atoms with van der Waals surface area (Å²) in [6.45, 7) is 5.31. The summed E-state index contributed by atoms with van der Waals surface area (Å²) in [5.41, 5.74) is 2.72. The molecule has 0 saturated heterocycles. The Labute approximate surface area is 116 Å². The maximum absolute atomic E-state index is 12.4. The van der Waals surface area contributed by atoms with Crippen molar-refractivity contribution < 1.29 is 9.63 Å². The van der Waals surface area contributed by atoms with E-state index in [1.54, 1.807) is 18.2 Å². The number of rotatable bonds is 4. The van der Waals surface area contributed by atoms with Crippen molar-refractivity contribution in [2.45, 2.75) is 27.2 Å². The summed E-state index contributed by atoms with van der Waals surface area (Å²) < 4.78 is 1.18. The summed E-state index contributed by atoms with van der Waals surface area (Å²) in [5, 5.41) is 0.472. The first-order chi connectivity index (χ1) is 9.49. The van der Waals surface area contributed by atoms with E-state index < -0.39 is 5.97 Å². The van der Waals surface area contributed by atoms with E-state index in [2.05, 4.69) is 10.6 Å². The van der Waals surface area contributed by atoms with Gasteiger partial charge in [-0.2, -0.15) is 4.68 Å². The molecule has 1 N–H and O–H groups in total. The topological polar surface area (TPSA) is 73.2 Å². The third kappa shape index (κ3) is 2.96. The third-order valence-electron chi connectivity index (χ3n) is 2.72. The van der Waals surface area contributed by atoms with Gasteiger partial charge in [-0.15, -0.1) is 5.59 Å². The maximum Gasteiger partial charge on any atom is 0.331 e. The second-order valence-electron chi connectivity index (χ2n) is 4.97. The Kier molecular flexibility index (Phi) is 4.02. The van der Waals surface area contributed by atoms with Crippen LogP contribution in [0.2, 0.25) is 0 Å². The summed E-state index contributed by atoms with van der Waals surface area (Å²) >= 11 is 0. The van der Waals surface area contributed by atoms with Gasteiger partial charge in [0.15, 0.2) is 0 Å². The molecule has 2 aromatic rings. The number of para-hydroxylation sites is 1. The fourth-order valence-corrected chi connectivity index (χ4v) is 1.88. The quantitative estimate of drug-likeness (QED) is 0.858. The van der Waals surface area contributed by atoms with E-state index in [1.165, 1.54) is 11.6 Å². The van der Waals surface area contributed by atoms with Crippen LogP contribution < -0.4 is 11.1 Å². The van der Waals surface area contributed by atoms with Crippen LogP contribution in [-0.2, 0) is 16.1 Å². The van der Waals surface area contributed by atoms with Gasteiger partial charge < -0.3 is 4.84 Å². The van der Waals surface area contributed by atoms with Gasteiger partial charge in [0.25, 0.3) is 5.56 Å². The van der Waals surface area contributed by atoms with E-state index in [4.69, 9.17) is 4.84 Å². The SMILES string of the molecule is CC(=O)ONn1c(CC(C)C)nc2ccccc2c1=O. The lowest BCUT2D eigenvalue weighted by Crippen LogP contribution is -2.34. The lowest BCUT2D eigenvalue weighted by Gasteiger charge is -2.15. The lowest BCUT2D eigenvalue weighted by molar-refractivity contribution is -0.139. The summed E-state index contributed by atoms with van der Waals surface area (Å²) in [7, 11) is 0. The molecule has 106 valence electrons. The van der Waals surface area contributed by atoms with Crippen molar-refractivity contribution in [1.82, 2.24) is 9.66 Å². The minimum atomic E-state index is -0.527. The number of hydrogen-bond donors (Lipinski definition) is 1. The van der Waals surface area contributed by atoms with Crippen molar-refractivity contribution in [2.24, 2.45) is 5.92 Å². The molecule has 0 bridgehead atoms. The molecular formula is C14H17N3O3. The highest BCUT2D eigenvalue weighted by atomic mass is 16.7. The van der Waals surface area contributed by atoms with Crippen LogP contribution in [0.4, 0.5) is 0 Å². The highest BCUT2D eigenvalue weighted by Gasteiger charge is 2.12. The zero-order chi connectivity index (χ0) is 14.7. The molecule has 0 saturated carbocycles.